The Morgan fingerprint density at radius 3 is 2.67 bits per heavy atom. The van der Waals surface area contributed by atoms with Crippen molar-refractivity contribution < 1.29 is 4.79 Å². The number of anilines is 1. The molecule has 1 aliphatic rings. The van der Waals surface area contributed by atoms with E-state index in [2.05, 4.69) is 29.6 Å². The number of para-hydroxylation sites is 1. The first-order chi connectivity index (χ1) is 8.86. The zero-order valence-electron chi connectivity index (χ0n) is 10.1. The van der Waals surface area contributed by atoms with Crippen molar-refractivity contribution in [2.45, 2.75) is 12.3 Å². The molecule has 0 aromatic heterocycles. The Balaban J connectivity index is 1.79. The van der Waals surface area contributed by atoms with Gasteiger partial charge in [-0.15, -0.1) is 0 Å². The molecule has 3 rings (SSSR count). The van der Waals surface area contributed by atoms with Crippen molar-refractivity contribution in [1.82, 2.24) is 0 Å². The van der Waals surface area contributed by atoms with Gasteiger partial charge in [0.15, 0.2) is 0 Å². The van der Waals surface area contributed by atoms with Crippen LogP contribution in [0.2, 0.25) is 0 Å². The normalized spacial score (nSPS) is 17.0. The van der Waals surface area contributed by atoms with Crippen LogP contribution in [-0.2, 0) is 6.42 Å². The lowest BCUT2D eigenvalue weighted by molar-refractivity contribution is 0.112. The summed E-state index contributed by atoms with van der Waals surface area (Å²) in [4.78, 5) is 10.6. The van der Waals surface area contributed by atoms with Crippen molar-refractivity contribution in [2.24, 2.45) is 0 Å². The van der Waals surface area contributed by atoms with E-state index >= 15 is 0 Å². The summed E-state index contributed by atoms with van der Waals surface area (Å²) in [7, 11) is 0. The summed E-state index contributed by atoms with van der Waals surface area (Å²) in [6.07, 6.45) is 1.90. The zero-order valence-corrected chi connectivity index (χ0v) is 10.1. The summed E-state index contributed by atoms with van der Waals surface area (Å²) < 4.78 is 0. The first-order valence-corrected chi connectivity index (χ1v) is 6.24. The first-order valence-electron chi connectivity index (χ1n) is 6.24. The molecule has 1 heterocycles. The molecule has 0 saturated heterocycles. The van der Waals surface area contributed by atoms with E-state index in [0.717, 1.165) is 24.8 Å². The number of hydrogen-bond donors (Lipinski definition) is 1. The lowest BCUT2D eigenvalue weighted by atomic mass is 9.93. The molecular formula is C16H15NO. The second kappa shape index (κ2) is 4.65. The van der Waals surface area contributed by atoms with Crippen molar-refractivity contribution in [3.05, 3.63) is 65.2 Å². The van der Waals surface area contributed by atoms with Crippen LogP contribution in [0.5, 0.6) is 0 Å². The Labute approximate surface area is 107 Å². The van der Waals surface area contributed by atoms with E-state index in [9.17, 15) is 4.79 Å². The third-order valence-corrected chi connectivity index (χ3v) is 3.54. The molecule has 0 bridgehead atoms. The third-order valence-electron chi connectivity index (χ3n) is 3.54. The Morgan fingerprint density at radius 1 is 1.11 bits per heavy atom. The van der Waals surface area contributed by atoms with Crippen molar-refractivity contribution in [3.8, 4) is 0 Å². The highest BCUT2D eigenvalue weighted by Crippen LogP contribution is 2.33. The van der Waals surface area contributed by atoms with E-state index in [0.29, 0.717) is 5.92 Å². The summed E-state index contributed by atoms with van der Waals surface area (Å²) in [5.74, 6) is 0.531. The molecule has 1 N–H and O–H groups in total. The molecule has 0 spiro atoms. The highest BCUT2D eigenvalue weighted by atomic mass is 16.1. The maximum atomic E-state index is 10.6. The molecule has 2 heteroatoms. The smallest absolute Gasteiger partial charge is 0.150 e. The van der Waals surface area contributed by atoms with E-state index in [1.54, 1.807) is 0 Å². The van der Waals surface area contributed by atoms with Crippen molar-refractivity contribution in [3.63, 3.8) is 0 Å². The van der Waals surface area contributed by atoms with E-state index in [-0.39, 0.29) is 0 Å². The van der Waals surface area contributed by atoms with Crippen LogP contribution in [0.1, 0.15) is 27.4 Å². The van der Waals surface area contributed by atoms with E-state index in [1.807, 2.05) is 24.3 Å². The maximum Gasteiger partial charge on any atom is 0.150 e. The number of carbonyl (C=O) groups is 1. The quantitative estimate of drug-likeness (QED) is 0.830. The molecule has 18 heavy (non-hydrogen) atoms. The van der Waals surface area contributed by atoms with Gasteiger partial charge in [0.1, 0.15) is 6.29 Å². The molecular weight excluding hydrogens is 222 g/mol. The zero-order chi connectivity index (χ0) is 12.4. The molecule has 90 valence electrons. The van der Waals surface area contributed by atoms with Gasteiger partial charge < -0.3 is 5.32 Å². The Morgan fingerprint density at radius 2 is 1.89 bits per heavy atom. The minimum absolute atomic E-state index is 0.531. The Bertz CT molecular complexity index is 560. The second-order valence-corrected chi connectivity index (χ2v) is 4.73. The average Bonchev–Trinajstić information content (AvgIpc) is 2.83. The van der Waals surface area contributed by atoms with Gasteiger partial charge in [-0.2, -0.15) is 0 Å². The summed E-state index contributed by atoms with van der Waals surface area (Å²) in [6, 6.07) is 16.3. The van der Waals surface area contributed by atoms with Crippen LogP contribution in [0, 0.1) is 0 Å². The Hall–Kier alpha value is -2.09. The van der Waals surface area contributed by atoms with E-state index in [4.69, 9.17) is 0 Å². The van der Waals surface area contributed by atoms with Gasteiger partial charge in [-0.25, -0.2) is 0 Å². The van der Waals surface area contributed by atoms with Crippen LogP contribution in [-0.4, -0.2) is 12.8 Å². The van der Waals surface area contributed by atoms with Gasteiger partial charge in [0.05, 0.1) is 0 Å². The van der Waals surface area contributed by atoms with Crippen LogP contribution < -0.4 is 5.32 Å². The topological polar surface area (TPSA) is 29.1 Å². The Kier molecular flexibility index (Phi) is 2.85. The first kappa shape index (κ1) is 11.0. The van der Waals surface area contributed by atoms with Gasteiger partial charge in [0.25, 0.3) is 0 Å². The highest BCUT2D eigenvalue weighted by molar-refractivity contribution is 5.74. The largest absolute Gasteiger partial charge is 0.384 e. The number of hydrogen-bond acceptors (Lipinski definition) is 2. The molecule has 2 nitrogen and oxygen atoms in total. The molecule has 2 aromatic rings. The number of benzene rings is 2. The van der Waals surface area contributed by atoms with Gasteiger partial charge in [-0.3, -0.25) is 4.79 Å². The molecule has 0 radical (unpaired) electrons. The van der Waals surface area contributed by atoms with Gasteiger partial charge in [-0.05, 0) is 23.6 Å². The molecule has 0 fully saturated rings. The van der Waals surface area contributed by atoms with Crippen LogP contribution in [0.4, 0.5) is 5.69 Å². The van der Waals surface area contributed by atoms with Gasteiger partial charge >= 0.3 is 0 Å². The van der Waals surface area contributed by atoms with Crippen molar-refractivity contribution >= 4 is 12.0 Å². The number of nitrogens with one attached hydrogen (secondary N) is 1. The fraction of sp³-hybridized carbons (Fsp3) is 0.188. The number of aldehydes is 1. The minimum Gasteiger partial charge on any atom is -0.384 e. The molecule has 2 aromatic carbocycles. The monoisotopic (exact) mass is 237 g/mol. The average molecular weight is 237 g/mol. The fourth-order valence-corrected chi connectivity index (χ4v) is 2.56. The molecule has 1 aliphatic heterocycles. The maximum absolute atomic E-state index is 10.6. The molecule has 1 unspecified atom stereocenters. The second-order valence-electron chi connectivity index (χ2n) is 4.73. The molecule has 0 amide bonds. The van der Waals surface area contributed by atoms with Crippen LogP contribution in [0.3, 0.4) is 0 Å². The molecule has 1 atom stereocenters. The van der Waals surface area contributed by atoms with E-state index in [1.165, 1.54) is 16.8 Å². The minimum atomic E-state index is 0.531. The summed E-state index contributed by atoms with van der Waals surface area (Å²) in [6.45, 7) is 0.995. The van der Waals surface area contributed by atoms with Crippen LogP contribution in [0.25, 0.3) is 0 Å². The predicted molar refractivity (Wildman–Crippen MR) is 73.2 cm³/mol. The fourth-order valence-electron chi connectivity index (χ4n) is 2.56. The molecule has 0 aliphatic carbocycles. The van der Waals surface area contributed by atoms with Crippen LogP contribution in [0.15, 0.2) is 48.5 Å². The van der Waals surface area contributed by atoms with Crippen molar-refractivity contribution in [2.75, 3.05) is 11.9 Å². The third kappa shape index (κ3) is 2.02. The lowest BCUT2D eigenvalue weighted by Crippen LogP contribution is -2.05. The summed E-state index contributed by atoms with van der Waals surface area (Å²) >= 11 is 0. The van der Waals surface area contributed by atoms with Crippen molar-refractivity contribution in [1.29, 1.82) is 0 Å². The number of rotatable bonds is 3. The van der Waals surface area contributed by atoms with Gasteiger partial charge in [-0.1, -0.05) is 42.5 Å². The molecule has 0 saturated carbocycles. The van der Waals surface area contributed by atoms with Gasteiger partial charge in [0, 0.05) is 23.7 Å². The predicted octanol–water partition coefficient (Wildman–Crippen LogP) is 3.25. The standard InChI is InChI=1S/C16H15NO/c18-11-13-7-5-12(6-8-13)9-14-10-17-16-4-2-1-3-15(14)16/h1-8,11,14,17H,9-10H2. The summed E-state index contributed by atoms with van der Waals surface area (Å²) in [5.41, 5.74) is 4.68. The van der Waals surface area contributed by atoms with E-state index < -0.39 is 0 Å². The number of fused-ring (bicyclic) bond motifs is 1. The van der Waals surface area contributed by atoms with Crippen LogP contribution >= 0.6 is 0 Å². The SMILES string of the molecule is O=Cc1ccc(CC2CNc3ccccc32)cc1. The lowest BCUT2D eigenvalue weighted by Gasteiger charge is -2.10. The summed E-state index contributed by atoms with van der Waals surface area (Å²) in [5, 5.41) is 3.44. The highest BCUT2D eigenvalue weighted by Gasteiger charge is 2.21. The van der Waals surface area contributed by atoms with Gasteiger partial charge in [0.2, 0.25) is 0 Å². The number of carbonyl (C=O) groups excluding carboxylic acids is 1.